The maximum absolute atomic E-state index is 13.1. The van der Waals surface area contributed by atoms with Gasteiger partial charge in [-0.15, -0.1) is 0 Å². The summed E-state index contributed by atoms with van der Waals surface area (Å²) in [5.41, 5.74) is 0.960. The van der Waals surface area contributed by atoms with Gasteiger partial charge in [-0.2, -0.15) is 0 Å². The van der Waals surface area contributed by atoms with Gasteiger partial charge in [-0.25, -0.2) is 4.39 Å². The summed E-state index contributed by atoms with van der Waals surface area (Å²) in [7, 11) is 0. The number of halogens is 1. The van der Waals surface area contributed by atoms with Gasteiger partial charge in [-0.1, -0.05) is 12.1 Å². The summed E-state index contributed by atoms with van der Waals surface area (Å²) in [6.07, 6.45) is 2.54. The highest BCUT2D eigenvalue weighted by molar-refractivity contribution is 5.16. The molecule has 6 heteroatoms. The smallest absolute Gasteiger partial charge is 0.129 e. The van der Waals surface area contributed by atoms with Crippen molar-refractivity contribution in [2.75, 3.05) is 13.2 Å². The summed E-state index contributed by atoms with van der Waals surface area (Å²) in [5, 5.41) is 10.3. The van der Waals surface area contributed by atoms with Gasteiger partial charge in [-0.05, 0) is 42.0 Å². The van der Waals surface area contributed by atoms with Gasteiger partial charge in [0, 0.05) is 13.1 Å². The Bertz CT molecular complexity index is 741. The molecule has 0 spiro atoms. The fourth-order valence-electron chi connectivity index (χ4n) is 2.70. The van der Waals surface area contributed by atoms with Crippen LogP contribution < -0.4 is 0 Å². The molecule has 26 heavy (non-hydrogen) atoms. The van der Waals surface area contributed by atoms with Crippen LogP contribution in [0.3, 0.4) is 0 Å². The molecule has 0 saturated carbocycles. The average molecular weight is 359 g/mol. The van der Waals surface area contributed by atoms with E-state index in [1.54, 1.807) is 30.7 Å². The Labute approximate surface area is 151 Å². The third kappa shape index (κ3) is 5.84. The number of furan rings is 2. The summed E-state index contributed by atoms with van der Waals surface area (Å²) >= 11 is 0. The van der Waals surface area contributed by atoms with E-state index in [1.807, 2.05) is 23.1 Å². The number of aliphatic hydroxyl groups is 1. The first-order chi connectivity index (χ1) is 12.7. The molecule has 0 aliphatic rings. The molecule has 5 nitrogen and oxygen atoms in total. The number of benzene rings is 1. The number of hydrogen-bond acceptors (Lipinski definition) is 5. The molecule has 138 valence electrons. The quantitative estimate of drug-likeness (QED) is 0.599. The second-order valence-electron chi connectivity index (χ2n) is 6.12. The molecule has 3 aromatic rings. The summed E-state index contributed by atoms with van der Waals surface area (Å²) in [4.78, 5) is 2.03. The van der Waals surface area contributed by atoms with Gasteiger partial charge in [0.05, 0.1) is 31.8 Å². The van der Waals surface area contributed by atoms with Crippen LogP contribution in [-0.4, -0.2) is 29.3 Å². The number of hydrogen-bond donors (Lipinski definition) is 1. The zero-order chi connectivity index (χ0) is 18.2. The van der Waals surface area contributed by atoms with Crippen molar-refractivity contribution < 1.29 is 23.1 Å². The van der Waals surface area contributed by atoms with Crippen molar-refractivity contribution in [1.29, 1.82) is 0 Å². The van der Waals surface area contributed by atoms with Crippen LogP contribution in [0.25, 0.3) is 0 Å². The van der Waals surface area contributed by atoms with Crippen LogP contribution in [0.15, 0.2) is 69.9 Å². The Hall–Kier alpha value is -2.41. The fourth-order valence-corrected chi connectivity index (χ4v) is 2.70. The van der Waals surface area contributed by atoms with E-state index < -0.39 is 6.10 Å². The lowest BCUT2D eigenvalue weighted by atomic mass is 10.2. The van der Waals surface area contributed by atoms with Gasteiger partial charge < -0.3 is 18.7 Å². The Morgan fingerprint density at radius 3 is 2.31 bits per heavy atom. The maximum Gasteiger partial charge on any atom is 0.129 e. The van der Waals surface area contributed by atoms with Gasteiger partial charge in [0.15, 0.2) is 0 Å². The number of ether oxygens (including phenoxy) is 1. The summed E-state index contributed by atoms with van der Waals surface area (Å²) in [6, 6.07) is 13.7. The second kappa shape index (κ2) is 9.33. The molecule has 2 aromatic heterocycles. The summed E-state index contributed by atoms with van der Waals surface area (Å²) in [5.74, 6) is 1.25. The highest BCUT2D eigenvalue weighted by Gasteiger charge is 2.15. The highest BCUT2D eigenvalue weighted by atomic mass is 19.1. The van der Waals surface area contributed by atoms with E-state index in [9.17, 15) is 9.50 Å². The van der Waals surface area contributed by atoms with E-state index in [2.05, 4.69) is 0 Å². The molecule has 0 fully saturated rings. The first-order valence-electron chi connectivity index (χ1n) is 8.46. The van der Waals surface area contributed by atoms with Gasteiger partial charge >= 0.3 is 0 Å². The highest BCUT2D eigenvalue weighted by Crippen LogP contribution is 2.12. The second-order valence-corrected chi connectivity index (χ2v) is 6.12. The van der Waals surface area contributed by atoms with Crippen molar-refractivity contribution in [1.82, 2.24) is 4.90 Å². The number of nitrogens with zero attached hydrogens (tertiary/aromatic N) is 1. The molecule has 1 aromatic carbocycles. The van der Waals surface area contributed by atoms with E-state index in [1.165, 1.54) is 12.1 Å². The lowest BCUT2D eigenvalue weighted by Crippen LogP contribution is -2.34. The largest absolute Gasteiger partial charge is 0.468 e. The number of rotatable bonds is 10. The minimum absolute atomic E-state index is 0.193. The van der Waals surface area contributed by atoms with Gasteiger partial charge in [0.2, 0.25) is 0 Å². The van der Waals surface area contributed by atoms with Crippen molar-refractivity contribution >= 4 is 0 Å². The van der Waals surface area contributed by atoms with Crippen LogP contribution in [0.5, 0.6) is 0 Å². The molecule has 0 saturated heterocycles. The monoisotopic (exact) mass is 359 g/mol. The van der Waals surface area contributed by atoms with Crippen LogP contribution in [-0.2, 0) is 24.4 Å². The first-order valence-corrected chi connectivity index (χ1v) is 8.46. The van der Waals surface area contributed by atoms with Crippen molar-refractivity contribution in [2.45, 2.75) is 25.8 Å². The molecule has 0 radical (unpaired) electrons. The van der Waals surface area contributed by atoms with Crippen LogP contribution in [0.4, 0.5) is 4.39 Å². The van der Waals surface area contributed by atoms with E-state index in [0.717, 1.165) is 17.1 Å². The van der Waals surface area contributed by atoms with E-state index in [0.29, 0.717) is 26.2 Å². The van der Waals surface area contributed by atoms with Crippen molar-refractivity contribution in [2.24, 2.45) is 0 Å². The zero-order valence-electron chi connectivity index (χ0n) is 14.4. The van der Waals surface area contributed by atoms with Crippen LogP contribution in [0.1, 0.15) is 17.1 Å². The minimum atomic E-state index is -0.666. The van der Waals surface area contributed by atoms with E-state index in [-0.39, 0.29) is 12.4 Å². The van der Waals surface area contributed by atoms with Gasteiger partial charge in [0.1, 0.15) is 23.9 Å². The van der Waals surface area contributed by atoms with Gasteiger partial charge in [0.25, 0.3) is 0 Å². The summed E-state index contributed by atoms with van der Waals surface area (Å²) in [6.45, 7) is 2.02. The topological polar surface area (TPSA) is 59.0 Å². The third-order valence-electron chi connectivity index (χ3n) is 3.88. The molecule has 0 bridgehead atoms. The summed E-state index contributed by atoms with van der Waals surface area (Å²) < 4.78 is 29.2. The van der Waals surface area contributed by atoms with Crippen LogP contribution in [0, 0.1) is 5.82 Å². The van der Waals surface area contributed by atoms with E-state index in [4.69, 9.17) is 13.6 Å². The molecular formula is C20H22FNO4. The predicted molar refractivity (Wildman–Crippen MR) is 93.6 cm³/mol. The molecule has 0 amide bonds. The molecule has 0 aliphatic heterocycles. The Kier molecular flexibility index (Phi) is 6.60. The van der Waals surface area contributed by atoms with E-state index >= 15 is 0 Å². The number of aliphatic hydroxyl groups excluding tert-OH is 1. The van der Waals surface area contributed by atoms with Crippen molar-refractivity contribution in [3.8, 4) is 0 Å². The molecule has 2 heterocycles. The molecular weight excluding hydrogens is 337 g/mol. The molecule has 1 N–H and O–H groups in total. The van der Waals surface area contributed by atoms with Gasteiger partial charge in [-0.3, -0.25) is 4.90 Å². The Morgan fingerprint density at radius 2 is 1.65 bits per heavy atom. The molecule has 1 atom stereocenters. The Balaban J connectivity index is 1.54. The van der Waals surface area contributed by atoms with Crippen molar-refractivity contribution in [3.05, 3.63) is 84.0 Å². The van der Waals surface area contributed by atoms with Crippen LogP contribution >= 0.6 is 0 Å². The first kappa shape index (κ1) is 18.4. The van der Waals surface area contributed by atoms with Crippen LogP contribution in [0.2, 0.25) is 0 Å². The third-order valence-corrected chi connectivity index (χ3v) is 3.88. The maximum atomic E-state index is 13.1. The molecule has 3 rings (SSSR count). The molecule has 0 unspecified atom stereocenters. The lowest BCUT2D eigenvalue weighted by Gasteiger charge is -2.24. The molecule has 0 aliphatic carbocycles. The average Bonchev–Trinajstić information content (AvgIpc) is 3.31. The standard InChI is InChI=1S/C20H22FNO4/c21-17-7-5-16(6-8-17)11-22(13-19-3-1-9-25-19)12-18(23)14-24-15-20-4-2-10-26-20/h1-10,18,23H,11-15H2/t18-/m1/s1. The predicted octanol–water partition coefficient (Wildman–Crippen LogP) is 3.59. The SMILES string of the molecule is O[C@@H](COCc1ccco1)CN(Cc1ccc(F)cc1)Cc1ccco1. The zero-order valence-corrected chi connectivity index (χ0v) is 14.4. The Morgan fingerprint density at radius 1 is 0.962 bits per heavy atom. The normalized spacial score (nSPS) is 12.6. The fraction of sp³-hybridized carbons (Fsp3) is 0.300. The van der Waals surface area contributed by atoms with Crippen molar-refractivity contribution in [3.63, 3.8) is 0 Å². The minimum Gasteiger partial charge on any atom is -0.468 e. The lowest BCUT2D eigenvalue weighted by molar-refractivity contribution is 0.00162.